The van der Waals surface area contributed by atoms with Crippen LogP contribution in [0.1, 0.15) is 15.9 Å². The van der Waals surface area contributed by atoms with Crippen LogP contribution in [0.3, 0.4) is 0 Å². The number of halogens is 1. The molecule has 2 atom stereocenters. The topological polar surface area (TPSA) is 78.7 Å². The molecular weight excluding hydrogens is 280 g/mol. The van der Waals surface area contributed by atoms with Crippen molar-refractivity contribution < 1.29 is 9.90 Å². The van der Waals surface area contributed by atoms with E-state index in [0.717, 1.165) is 11.1 Å². The minimum absolute atomic E-state index is 0. The Labute approximate surface area is 122 Å². The van der Waals surface area contributed by atoms with Gasteiger partial charge in [-0.15, -0.1) is 12.4 Å². The predicted molar refractivity (Wildman–Crippen MR) is 77.3 cm³/mol. The number of hydrogen-bond donors (Lipinski definition) is 3. The Morgan fingerprint density at radius 3 is 3.00 bits per heavy atom. The molecule has 2 aromatic rings. The van der Waals surface area contributed by atoms with Crippen molar-refractivity contribution in [1.82, 2.24) is 20.2 Å². The van der Waals surface area contributed by atoms with Gasteiger partial charge in [0.2, 0.25) is 0 Å². The molecular formula is C13H17ClN4O2. The first kappa shape index (κ1) is 14.8. The van der Waals surface area contributed by atoms with E-state index in [1.807, 2.05) is 25.3 Å². The molecule has 0 spiro atoms. The van der Waals surface area contributed by atoms with Gasteiger partial charge in [-0.1, -0.05) is 6.07 Å². The number of carbonyl (C=O) groups is 1. The van der Waals surface area contributed by atoms with Crippen LogP contribution in [0.2, 0.25) is 0 Å². The third-order valence-corrected chi connectivity index (χ3v) is 3.41. The summed E-state index contributed by atoms with van der Waals surface area (Å²) in [7, 11) is 0. The number of rotatable bonds is 2. The van der Waals surface area contributed by atoms with Gasteiger partial charge < -0.3 is 15.7 Å². The lowest BCUT2D eigenvalue weighted by molar-refractivity contribution is 0.0890. The Hall–Kier alpha value is -1.63. The Kier molecular flexibility index (Phi) is 4.27. The van der Waals surface area contributed by atoms with Crippen LogP contribution in [0.25, 0.3) is 5.52 Å². The normalized spacial score (nSPS) is 21.7. The van der Waals surface area contributed by atoms with E-state index in [-0.39, 0.29) is 24.4 Å². The summed E-state index contributed by atoms with van der Waals surface area (Å²) in [5.74, 6) is -0.202. The summed E-state index contributed by atoms with van der Waals surface area (Å²) in [5.41, 5.74) is 2.38. The second-order valence-corrected chi connectivity index (χ2v) is 4.90. The molecule has 0 bridgehead atoms. The zero-order valence-electron chi connectivity index (χ0n) is 11.0. The van der Waals surface area contributed by atoms with Crippen LogP contribution >= 0.6 is 12.4 Å². The molecule has 3 heterocycles. The molecule has 108 valence electrons. The number of aliphatic hydroxyl groups is 1. The number of amides is 1. The van der Waals surface area contributed by atoms with Gasteiger partial charge in [0.15, 0.2) is 0 Å². The van der Waals surface area contributed by atoms with E-state index in [9.17, 15) is 9.90 Å². The minimum atomic E-state index is -0.534. The van der Waals surface area contributed by atoms with Crippen LogP contribution in [0.15, 0.2) is 24.5 Å². The van der Waals surface area contributed by atoms with Gasteiger partial charge in [-0.05, 0) is 18.6 Å². The molecule has 1 fully saturated rings. The summed E-state index contributed by atoms with van der Waals surface area (Å²) in [6.45, 7) is 3.07. The Balaban J connectivity index is 0.00000147. The quantitative estimate of drug-likeness (QED) is 0.736. The number of nitrogens with zero attached hydrogens (tertiary/aromatic N) is 2. The average molecular weight is 297 g/mol. The summed E-state index contributed by atoms with van der Waals surface area (Å²) in [5, 5.41) is 19.7. The van der Waals surface area contributed by atoms with Gasteiger partial charge in [0.25, 0.3) is 5.91 Å². The lowest BCUT2D eigenvalue weighted by Gasteiger charge is -2.14. The monoisotopic (exact) mass is 296 g/mol. The Bertz CT molecular complexity index is 628. The van der Waals surface area contributed by atoms with Crippen molar-refractivity contribution in [2.24, 2.45) is 0 Å². The molecule has 0 radical (unpaired) electrons. The molecule has 20 heavy (non-hydrogen) atoms. The van der Waals surface area contributed by atoms with E-state index in [1.54, 1.807) is 10.7 Å². The number of carbonyl (C=O) groups excluding carboxylic acids is 1. The summed E-state index contributed by atoms with van der Waals surface area (Å²) in [6.07, 6.45) is 2.89. The van der Waals surface area contributed by atoms with Crippen LogP contribution in [-0.2, 0) is 0 Å². The lowest BCUT2D eigenvalue weighted by atomic mass is 10.2. The number of pyridine rings is 1. The van der Waals surface area contributed by atoms with Crippen molar-refractivity contribution in [3.05, 3.63) is 35.7 Å². The number of aryl methyl sites for hydroxylation is 1. The maximum absolute atomic E-state index is 12.2. The molecule has 6 nitrogen and oxygen atoms in total. The van der Waals surface area contributed by atoms with Crippen molar-refractivity contribution in [1.29, 1.82) is 0 Å². The van der Waals surface area contributed by atoms with Gasteiger partial charge >= 0.3 is 0 Å². The van der Waals surface area contributed by atoms with Crippen LogP contribution in [0.5, 0.6) is 0 Å². The van der Waals surface area contributed by atoms with Gasteiger partial charge in [-0.2, -0.15) is 5.10 Å². The second-order valence-electron chi connectivity index (χ2n) is 4.90. The number of aromatic nitrogens is 2. The highest BCUT2D eigenvalue weighted by Crippen LogP contribution is 2.12. The average Bonchev–Trinajstić information content (AvgIpc) is 2.96. The van der Waals surface area contributed by atoms with Crippen LogP contribution in [0, 0.1) is 6.92 Å². The summed E-state index contributed by atoms with van der Waals surface area (Å²) < 4.78 is 1.69. The van der Waals surface area contributed by atoms with Crippen LogP contribution in [-0.4, -0.2) is 45.9 Å². The second kappa shape index (κ2) is 5.78. The fourth-order valence-electron chi connectivity index (χ4n) is 2.32. The van der Waals surface area contributed by atoms with E-state index in [2.05, 4.69) is 15.7 Å². The lowest BCUT2D eigenvalue weighted by Crippen LogP contribution is -2.42. The maximum Gasteiger partial charge on any atom is 0.255 e. The smallest absolute Gasteiger partial charge is 0.255 e. The zero-order chi connectivity index (χ0) is 13.4. The molecule has 2 aromatic heterocycles. The fraction of sp³-hybridized carbons (Fsp3) is 0.385. The molecule has 0 unspecified atom stereocenters. The van der Waals surface area contributed by atoms with Crippen molar-refractivity contribution in [2.75, 3.05) is 13.1 Å². The Morgan fingerprint density at radius 2 is 2.30 bits per heavy atom. The summed E-state index contributed by atoms with van der Waals surface area (Å²) in [4.78, 5) is 12.2. The molecule has 1 saturated heterocycles. The first-order chi connectivity index (χ1) is 9.15. The maximum atomic E-state index is 12.2. The molecule has 0 aliphatic carbocycles. The van der Waals surface area contributed by atoms with Crippen molar-refractivity contribution >= 4 is 23.8 Å². The first-order valence-corrected chi connectivity index (χ1v) is 6.29. The first-order valence-electron chi connectivity index (χ1n) is 6.29. The number of aliphatic hydroxyl groups excluding tert-OH is 1. The standard InChI is InChI=1S/C13H16N4O2.ClH/c1-8-2-3-11-9(4-15-17(11)7-8)13(19)16-10-5-14-6-12(10)18;/h2-4,7,10,12,14,18H,5-6H2,1H3,(H,16,19);1H/t10-,12+;/m0./s1. The van der Waals surface area contributed by atoms with E-state index in [1.165, 1.54) is 0 Å². The largest absolute Gasteiger partial charge is 0.390 e. The third-order valence-electron chi connectivity index (χ3n) is 3.41. The number of nitrogens with one attached hydrogen (secondary N) is 2. The Morgan fingerprint density at radius 1 is 1.50 bits per heavy atom. The highest BCUT2D eigenvalue weighted by Gasteiger charge is 2.27. The van der Waals surface area contributed by atoms with E-state index in [0.29, 0.717) is 18.7 Å². The number of β-amino-alcohol motifs (C(OH)–C–C–N with tert-alkyl or cyclic N) is 1. The van der Waals surface area contributed by atoms with Gasteiger partial charge in [-0.25, -0.2) is 4.52 Å². The molecule has 0 aromatic carbocycles. The zero-order valence-corrected chi connectivity index (χ0v) is 11.9. The molecule has 3 rings (SSSR count). The number of hydrogen-bond acceptors (Lipinski definition) is 4. The predicted octanol–water partition coefficient (Wildman–Crippen LogP) is 0.127. The van der Waals surface area contributed by atoms with E-state index in [4.69, 9.17) is 0 Å². The molecule has 1 aliphatic rings. The number of fused-ring (bicyclic) bond motifs is 1. The molecule has 7 heteroatoms. The third kappa shape index (κ3) is 2.63. The van der Waals surface area contributed by atoms with Gasteiger partial charge in [0.1, 0.15) is 0 Å². The van der Waals surface area contributed by atoms with Gasteiger partial charge in [-0.3, -0.25) is 4.79 Å². The minimum Gasteiger partial charge on any atom is -0.390 e. The van der Waals surface area contributed by atoms with Gasteiger partial charge in [0, 0.05) is 19.3 Å². The SMILES string of the molecule is Cc1ccc2c(C(=O)N[C@H]3CNC[C@H]3O)cnn2c1.Cl. The molecule has 1 amide bonds. The molecule has 1 aliphatic heterocycles. The fourth-order valence-corrected chi connectivity index (χ4v) is 2.32. The van der Waals surface area contributed by atoms with Crippen molar-refractivity contribution in [3.63, 3.8) is 0 Å². The van der Waals surface area contributed by atoms with E-state index < -0.39 is 6.10 Å². The summed E-state index contributed by atoms with van der Waals surface area (Å²) >= 11 is 0. The summed E-state index contributed by atoms with van der Waals surface area (Å²) in [6, 6.07) is 3.58. The molecule has 3 N–H and O–H groups in total. The molecule has 0 saturated carbocycles. The van der Waals surface area contributed by atoms with Crippen LogP contribution in [0.4, 0.5) is 0 Å². The van der Waals surface area contributed by atoms with Crippen molar-refractivity contribution in [3.8, 4) is 0 Å². The van der Waals surface area contributed by atoms with E-state index >= 15 is 0 Å². The van der Waals surface area contributed by atoms with Crippen LogP contribution < -0.4 is 10.6 Å². The highest BCUT2D eigenvalue weighted by molar-refractivity contribution is 6.00. The highest BCUT2D eigenvalue weighted by atomic mass is 35.5. The van der Waals surface area contributed by atoms with Crippen molar-refractivity contribution in [2.45, 2.75) is 19.1 Å². The van der Waals surface area contributed by atoms with Gasteiger partial charge in [0.05, 0.1) is 29.4 Å².